The molecule has 2 N–H and O–H groups in total. The number of amides is 1. The molecule has 2 saturated heterocycles. The number of anilines is 1. The third kappa shape index (κ3) is 2.95. The number of hydrogen-bond acceptors (Lipinski definition) is 7. The molecule has 7 rings (SSSR count). The Morgan fingerprint density at radius 1 is 1.23 bits per heavy atom. The van der Waals surface area contributed by atoms with E-state index >= 15 is 4.39 Å². The monoisotopic (exact) mass is 492 g/mol. The number of halogens is 2. The molecule has 3 aliphatic heterocycles. The predicted octanol–water partition coefficient (Wildman–Crippen LogP) is 3.47. The molecule has 1 unspecified atom stereocenters. The Balaban J connectivity index is 1.16. The normalized spacial score (nSPS) is 24.3. The van der Waals surface area contributed by atoms with Crippen LogP contribution in [0.2, 0.25) is 5.02 Å². The van der Waals surface area contributed by atoms with Gasteiger partial charge < -0.3 is 15.2 Å². The molecule has 11 heteroatoms. The van der Waals surface area contributed by atoms with E-state index in [0.29, 0.717) is 53.1 Å². The first kappa shape index (κ1) is 20.6. The maximum absolute atomic E-state index is 15.1. The number of aromatic nitrogens is 4. The van der Waals surface area contributed by atoms with Crippen molar-refractivity contribution in [2.45, 2.75) is 31.3 Å². The van der Waals surface area contributed by atoms with Crippen LogP contribution < -0.4 is 10.9 Å². The lowest BCUT2D eigenvalue weighted by Gasteiger charge is -2.40. The number of carbonyl (C=O) groups is 1. The molecule has 35 heavy (non-hydrogen) atoms. The van der Waals surface area contributed by atoms with Crippen molar-refractivity contribution in [1.82, 2.24) is 25.2 Å². The van der Waals surface area contributed by atoms with Crippen LogP contribution in [0.5, 0.6) is 0 Å². The number of H-pyrrole nitrogens is 1. The lowest BCUT2D eigenvalue weighted by atomic mass is 9.73. The Morgan fingerprint density at radius 3 is 3.00 bits per heavy atom. The van der Waals surface area contributed by atoms with E-state index in [0.717, 1.165) is 11.1 Å². The summed E-state index contributed by atoms with van der Waals surface area (Å²) in [7, 11) is 0. The topological polar surface area (TPSA) is 117 Å². The van der Waals surface area contributed by atoms with Gasteiger partial charge in [0.1, 0.15) is 5.82 Å². The summed E-state index contributed by atoms with van der Waals surface area (Å²) in [6, 6.07) is 6.19. The number of rotatable bonds is 4. The number of aromatic amines is 1. The highest BCUT2D eigenvalue weighted by atomic mass is 35.5. The highest BCUT2D eigenvalue weighted by Gasteiger charge is 2.62. The molecule has 0 spiro atoms. The molecule has 3 atom stereocenters. The van der Waals surface area contributed by atoms with Gasteiger partial charge in [-0.25, -0.2) is 14.0 Å². The molecule has 3 aromatic heterocycles. The first-order chi connectivity index (χ1) is 16.9. The second kappa shape index (κ2) is 7.11. The van der Waals surface area contributed by atoms with Crippen molar-refractivity contribution in [1.29, 1.82) is 0 Å². The van der Waals surface area contributed by atoms with Crippen LogP contribution in [0.4, 0.5) is 10.1 Å². The van der Waals surface area contributed by atoms with E-state index in [1.54, 1.807) is 18.3 Å². The average molecular weight is 493 g/mol. The minimum atomic E-state index is -0.615. The number of piperidine rings is 1. The van der Waals surface area contributed by atoms with Crippen molar-refractivity contribution in [3.05, 3.63) is 69.0 Å². The van der Waals surface area contributed by atoms with Crippen molar-refractivity contribution in [3.8, 4) is 11.1 Å². The Morgan fingerprint density at radius 2 is 2.11 bits per heavy atom. The third-order valence-corrected chi connectivity index (χ3v) is 7.90. The fourth-order valence-electron chi connectivity index (χ4n) is 6.03. The Kier molecular flexibility index (Phi) is 4.18. The van der Waals surface area contributed by atoms with Gasteiger partial charge in [-0.3, -0.25) is 9.59 Å². The first-order valence-corrected chi connectivity index (χ1v) is 11.7. The van der Waals surface area contributed by atoms with E-state index in [2.05, 4.69) is 30.2 Å². The number of benzene rings is 1. The van der Waals surface area contributed by atoms with Crippen LogP contribution >= 0.6 is 11.6 Å². The van der Waals surface area contributed by atoms with Gasteiger partial charge in [-0.05, 0) is 58.9 Å². The molecule has 6 heterocycles. The van der Waals surface area contributed by atoms with Gasteiger partial charge in [-0.2, -0.15) is 0 Å². The van der Waals surface area contributed by atoms with Gasteiger partial charge in [-0.1, -0.05) is 11.6 Å². The van der Waals surface area contributed by atoms with E-state index in [1.165, 1.54) is 18.3 Å². The minimum absolute atomic E-state index is 0.0570. The van der Waals surface area contributed by atoms with Crippen molar-refractivity contribution in [3.63, 3.8) is 0 Å². The fourth-order valence-corrected chi connectivity index (χ4v) is 6.30. The van der Waals surface area contributed by atoms with E-state index in [1.807, 2.05) is 4.90 Å². The zero-order chi connectivity index (χ0) is 23.9. The number of nitrogens with zero attached hydrogens (tertiary/aromatic N) is 4. The SMILES string of the molecule is O=C1N2[C@@H]3Cc4cc(=O)[nH]cc4[C@H]2CC1(CNc1cc(Cl)c(-c2cnc4nonc4c2)cc1F)C3. The van der Waals surface area contributed by atoms with Gasteiger partial charge in [0.15, 0.2) is 5.52 Å². The molecular formula is C24H18ClFN6O3. The number of fused-ring (bicyclic) bond motifs is 4. The van der Waals surface area contributed by atoms with Gasteiger partial charge in [0.2, 0.25) is 17.1 Å². The lowest BCUT2D eigenvalue weighted by molar-refractivity contribution is -0.132. The number of nitrogens with one attached hydrogen (secondary N) is 2. The summed E-state index contributed by atoms with van der Waals surface area (Å²) in [4.78, 5) is 33.9. The van der Waals surface area contributed by atoms with Crippen LogP contribution in [0, 0.1) is 11.2 Å². The highest BCUT2D eigenvalue weighted by molar-refractivity contribution is 6.33. The highest BCUT2D eigenvalue weighted by Crippen LogP contribution is 2.57. The predicted molar refractivity (Wildman–Crippen MR) is 124 cm³/mol. The van der Waals surface area contributed by atoms with Gasteiger partial charge in [-0.15, -0.1) is 0 Å². The minimum Gasteiger partial charge on any atom is -0.382 e. The first-order valence-electron chi connectivity index (χ1n) is 11.3. The van der Waals surface area contributed by atoms with Crippen molar-refractivity contribution < 1.29 is 13.8 Å². The second-order valence-electron chi connectivity index (χ2n) is 9.55. The molecule has 0 saturated carbocycles. The maximum atomic E-state index is 15.1. The van der Waals surface area contributed by atoms with E-state index in [9.17, 15) is 9.59 Å². The third-order valence-electron chi connectivity index (χ3n) is 7.59. The van der Waals surface area contributed by atoms with Crippen LogP contribution in [-0.2, 0) is 11.2 Å². The molecule has 0 radical (unpaired) electrons. The van der Waals surface area contributed by atoms with Crippen LogP contribution in [-0.4, -0.2) is 43.7 Å². The fraction of sp³-hybridized carbons (Fsp3) is 0.292. The van der Waals surface area contributed by atoms with E-state index < -0.39 is 11.2 Å². The Hall–Kier alpha value is -3.79. The van der Waals surface area contributed by atoms with Crippen molar-refractivity contribution >= 4 is 34.4 Å². The van der Waals surface area contributed by atoms with Crippen molar-refractivity contribution in [2.24, 2.45) is 5.41 Å². The summed E-state index contributed by atoms with van der Waals surface area (Å²) >= 11 is 6.51. The zero-order valence-electron chi connectivity index (χ0n) is 18.2. The van der Waals surface area contributed by atoms with Crippen molar-refractivity contribution in [2.75, 3.05) is 11.9 Å². The molecule has 1 amide bonds. The molecule has 9 nitrogen and oxygen atoms in total. The summed E-state index contributed by atoms with van der Waals surface area (Å²) in [5.41, 5.74) is 3.36. The number of pyridine rings is 2. The van der Waals surface area contributed by atoms with Crippen LogP contribution in [0.3, 0.4) is 0 Å². The van der Waals surface area contributed by atoms with Crippen LogP contribution in [0.1, 0.15) is 30.0 Å². The van der Waals surface area contributed by atoms with Crippen LogP contribution in [0.15, 0.2) is 46.1 Å². The smallest absolute Gasteiger partial charge is 0.248 e. The van der Waals surface area contributed by atoms with Gasteiger partial charge >= 0.3 is 0 Å². The molecule has 176 valence electrons. The molecule has 2 fully saturated rings. The Bertz CT molecular complexity index is 1600. The van der Waals surface area contributed by atoms with Gasteiger partial charge in [0.05, 0.1) is 22.2 Å². The van der Waals surface area contributed by atoms with E-state index in [4.69, 9.17) is 11.6 Å². The Labute approximate surface area is 202 Å². The van der Waals surface area contributed by atoms with E-state index in [-0.39, 0.29) is 29.2 Å². The quantitative estimate of drug-likeness (QED) is 0.448. The molecule has 0 aliphatic carbocycles. The molecule has 2 bridgehead atoms. The molecule has 1 aromatic carbocycles. The lowest BCUT2D eigenvalue weighted by Crippen LogP contribution is -2.41. The van der Waals surface area contributed by atoms with Gasteiger partial charge in [0.25, 0.3) is 0 Å². The van der Waals surface area contributed by atoms with Gasteiger partial charge in [0, 0.05) is 42.2 Å². The van der Waals surface area contributed by atoms with Crippen LogP contribution in [0.25, 0.3) is 22.3 Å². The molecule has 4 aromatic rings. The molecular weight excluding hydrogens is 475 g/mol. The standard InChI is InChI=1S/C24H18ClFN6O3/c25-16-5-18(17(26)4-14(16)12-2-19-22(28-8-12)31-35-30-19)29-10-24-6-13-1-11-3-21(33)27-9-15(11)20(7-24)32(13)23(24)34/h2-5,8-9,13,20,29H,1,6-7,10H2,(H,27,33)/t13-,20-,24?/m1/s1. The summed E-state index contributed by atoms with van der Waals surface area (Å²) < 4.78 is 19.8. The number of hydrogen-bond donors (Lipinski definition) is 2. The summed E-state index contributed by atoms with van der Waals surface area (Å²) in [6.07, 6.45) is 5.23. The summed E-state index contributed by atoms with van der Waals surface area (Å²) in [5, 5.41) is 10.9. The average Bonchev–Trinajstić information content (AvgIpc) is 3.49. The number of carbonyl (C=O) groups excluding carboxylic acids is 1. The summed E-state index contributed by atoms with van der Waals surface area (Å²) in [5.74, 6) is -0.400. The largest absolute Gasteiger partial charge is 0.382 e. The molecule has 3 aliphatic rings. The zero-order valence-corrected chi connectivity index (χ0v) is 19.0. The maximum Gasteiger partial charge on any atom is 0.248 e. The summed E-state index contributed by atoms with van der Waals surface area (Å²) in [6.45, 7) is 0.304. The second-order valence-corrected chi connectivity index (χ2v) is 9.96.